The van der Waals surface area contributed by atoms with Crippen LogP contribution in [0.1, 0.15) is 117 Å². The second-order valence-corrected chi connectivity index (χ2v) is 14.4. The lowest BCUT2D eigenvalue weighted by Gasteiger charge is -2.26. The molecule has 0 radical (unpaired) electrons. The van der Waals surface area contributed by atoms with Crippen LogP contribution in [0.5, 0.6) is 23.0 Å². The van der Waals surface area contributed by atoms with Crippen molar-refractivity contribution in [2.24, 2.45) is 0 Å². The smallest absolute Gasteiger partial charge is 0.245 e. The van der Waals surface area contributed by atoms with Gasteiger partial charge in [0.05, 0.1) is 26.4 Å². The Labute approximate surface area is 295 Å². The van der Waals surface area contributed by atoms with Gasteiger partial charge < -0.3 is 31.4 Å². The summed E-state index contributed by atoms with van der Waals surface area (Å²) in [5.74, 6) is 3.66. The molecule has 0 saturated heterocycles. The molecule has 0 amide bonds. The highest BCUT2D eigenvalue weighted by atomic mass is 35.5. The normalized spacial score (nSPS) is 20.1. The molecule has 7 heteroatoms. The zero-order valence-corrected chi connectivity index (χ0v) is 30.2. The van der Waals surface area contributed by atoms with Crippen molar-refractivity contribution in [1.29, 1.82) is 0 Å². The van der Waals surface area contributed by atoms with Gasteiger partial charge >= 0.3 is 0 Å². The fourth-order valence-electron chi connectivity index (χ4n) is 7.33. The van der Waals surface area contributed by atoms with E-state index in [4.69, 9.17) is 18.9 Å². The summed E-state index contributed by atoms with van der Waals surface area (Å²) in [6.07, 6.45) is 21.6. The highest BCUT2D eigenvalue weighted by Crippen LogP contribution is 2.45. The van der Waals surface area contributed by atoms with Crippen LogP contribution in [0.25, 0.3) is 10.8 Å². The van der Waals surface area contributed by atoms with Crippen LogP contribution in [-0.4, -0.2) is 49.4 Å². The lowest BCUT2D eigenvalue weighted by Crippen LogP contribution is -3.00. The quantitative estimate of drug-likeness (QED) is 0.230. The number of fused-ring (bicyclic) bond motifs is 1. The summed E-state index contributed by atoms with van der Waals surface area (Å²) < 4.78 is 28.5. The Morgan fingerprint density at radius 2 is 1.04 bits per heavy atom. The molecule has 0 spiro atoms. The predicted molar refractivity (Wildman–Crippen MR) is 194 cm³/mol. The van der Waals surface area contributed by atoms with Crippen LogP contribution in [0.2, 0.25) is 0 Å². The van der Waals surface area contributed by atoms with E-state index in [0.717, 1.165) is 98.4 Å². The molecule has 0 aliphatic carbocycles. The first-order chi connectivity index (χ1) is 23.1. The first kappa shape index (κ1) is 36.2. The van der Waals surface area contributed by atoms with E-state index in [-0.39, 0.29) is 17.9 Å². The number of anilines is 1. The maximum absolute atomic E-state index is 6.66. The predicted octanol–water partition coefficient (Wildman–Crippen LogP) is 7.60. The zero-order valence-electron chi connectivity index (χ0n) is 29.5. The molecule has 0 saturated carbocycles. The Bertz CT molecular complexity index is 1480. The van der Waals surface area contributed by atoms with Crippen molar-refractivity contribution in [1.82, 2.24) is 0 Å². The Kier molecular flexibility index (Phi) is 13.6. The van der Waals surface area contributed by atoms with Crippen molar-refractivity contribution in [2.75, 3.05) is 37.9 Å². The van der Waals surface area contributed by atoms with Crippen molar-refractivity contribution < 1.29 is 35.9 Å². The van der Waals surface area contributed by atoms with E-state index in [1.807, 2.05) is 0 Å². The molecule has 0 atom stereocenters. The molecule has 0 unspecified atom stereocenters. The Morgan fingerprint density at radius 1 is 0.562 bits per heavy atom. The van der Waals surface area contributed by atoms with E-state index < -0.39 is 0 Å². The maximum Gasteiger partial charge on any atom is 0.245 e. The summed E-state index contributed by atoms with van der Waals surface area (Å²) in [5.41, 5.74) is 1.90. The molecule has 0 aromatic heterocycles. The first-order valence-corrected chi connectivity index (χ1v) is 18.7. The Hall–Kier alpha value is -3.12. The lowest BCUT2D eigenvalue weighted by molar-refractivity contribution is -0.434. The molecule has 3 aromatic rings. The number of para-hydroxylation sites is 1. The van der Waals surface area contributed by atoms with E-state index in [0.29, 0.717) is 0 Å². The average molecular weight is 677 g/mol. The second-order valence-electron chi connectivity index (χ2n) is 14.4. The number of benzene rings is 3. The number of ether oxygens (including phenoxy) is 4. The van der Waals surface area contributed by atoms with E-state index in [1.165, 1.54) is 82.4 Å². The van der Waals surface area contributed by atoms with E-state index in [9.17, 15) is 0 Å². The summed E-state index contributed by atoms with van der Waals surface area (Å²) >= 11 is 0. The molecule has 6 nitrogen and oxygen atoms in total. The van der Waals surface area contributed by atoms with Gasteiger partial charge in [-0.05, 0) is 75.2 Å². The molecule has 3 heterocycles. The third kappa shape index (κ3) is 9.31. The summed E-state index contributed by atoms with van der Waals surface area (Å²) in [7, 11) is 0. The second kappa shape index (κ2) is 18.0. The lowest BCUT2D eigenvalue weighted by atomic mass is 10.00. The largest absolute Gasteiger partial charge is 1.00 e. The van der Waals surface area contributed by atoms with Crippen molar-refractivity contribution in [2.45, 2.75) is 122 Å². The monoisotopic (exact) mass is 676 g/mol. The molecule has 6 rings (SSSR count). The van der Waals surface area contributed by atoms with Crippen LogP contribution in [0.3, 0.4) is 0 Å². The summed E-state index contributed by atoms with van der Waals surface area (Å²) in [4.78, 5) is 2.42. The zero-order chi connectivity index (χ0) is 32.3. The van der Waals surface area contributed by atoms with Gasteiger partial charge in [0.25, 0.3) is 0 Å². The minimum absolute atomic E-state index is 0. The molecule has 3 aliphatic rings. The first-order valence-electron chi connectivity index (χ1n) is 18.7. The highest BCUT2D eigenvalue weighted by molar-refractivity contribution is 6.03. The van der Waals surface area contributed by atoms with E-state index in [2.05, 4.69) is 78.2 Å². The van der Waals surface area contributed by atoms with Crippen molar-refractivity contribution in [3.8, 4) is 23.0 Å². The van der Waals surface area contributed by atoms with E-state index in [1.54, 1.807) is 0 Å². The standard InChI is InChI=1S/C41H57N2O4.ClH/c1-41(2)31-42-32-43(41)39-35-30-34-24-22-33(35)23-25-38(39)47-29-18-14-10-6-5-9-13-17-28-46-37-21-19-20-36(40(37)42)45-27-16-12-8-4-3-7-11-15-26-44-34;/h19-25,30,32H,3-18,26-29,31H2,1-2H3;1H/q+1;/p-1. The number of halogens is 1. The van der Waals surface area contributed by atoms with Crippen LogP contribution < -0.4 is 36.3 Å². The molecule has 3 aromatic carbocycles. The maximum atomic E-state index is 6.66. The van der Waals surface area contributed by atoms with Gasteiger partial charge in [-0.15, -0.1) is 0 Å². The van der Waals surface area contributed by atoms with Gasteiger partial charge in [-0.25, -0.2) is 9.48 Å². The SMILES string of the molecule is CC1(C)C[N+]2=CN1c1c3ccc4ccc(cc14)OCCCCCCCCCCOc1cccc(c12)OCCCCCCCCCCO3.[Cl-]. The van der Waals surface area contributed by atoms with E-state index >= 15 is 0 Å². The van der Waals surface area contributed by atoms with Crippen LogP contribution >= 0.6 is 0 Å². The van der Waals surface area contributed by atoms with Gasteiger partial charge in [0.2, 0.25) is 12.0 Å². The van der Waals surface area contributed by atoms with Gasteiger partial charge in [-0.2, -0.15) is 0 Å². The van der Waals surface area contributed by atoms with Crippen LogP contribution in [-0.2, 0) is 0 Å². The molecule has 48 heavy (non-hydrogen) atoms. The van der Waals surface area contributed by atoms with Gasteiger partial charge in [-0.1, -0.05) is 95.2 Å². The van der Waals surface area contributed by atoms with Crippen molar-refractivity contribution in [3.63, 3.8) is 0 Å². The Balaban J connectivity index is 0.00000451. The van der Waals surface area contributed by atoms with Crippen LogP contribution in [0.4, 0.5) is 11.4 Å². The minimum atomic E-state index is -0.231. The number of hydrogen-bond donors (Lipinski definition) is 0. The van der Waals surface area contributed by atoms with Crippen molar-refractivity contribution in [3.05, 3.63) is 48.5 Å². The minimum Gasteiger partial charge on any atom is -1.00 e. The number of hydrogen-bond acceptors (Lipinski definition) is 5. The molecule has 0 N–H and O–H groups in total. The third-order valence-corrected chi connectivity index (χ3v) is 10.0. The molecular weight excluding hydrogens is 620 g/mol. The Morgan fingerprint density at radius 3 is 1.60 bits per heavy atom. The van der Waals surface area contributed by atoms with Gasteiger partial charge in [0, 0.05) is 5.39 Å². The summed E-state index contributed by atoms with van der Waals surface area (Å²) in [5, 5.41) is 2.34. The fraction of sp³-hybridized carbons (Fsp3) is 0.585. The summed E-state index contributed by atoms with van der Waals surface area (Å²) in [6.45, 7) is 8.35. The van der Waals surface area contributed by atoms with Gasteiger partial charge in [-0.3, -0.25) is 0 Å². The average Bonchev–Trinajstić information content (AvgIpc) is 3.38. The molecule has 0 fully saturated rings. The van der Waals surface area contributed by atoms with Gasteiger partial charge in [0.1, 0.15) is 17.8 Å². The van der Waals surface area contributed by atoms with Crippen LogP contribution in [0, 0.1) is 0 Å². The third-order valence-electron chi connectivity index (χ3n) is 10.0. The molecular formula is C41H57ClN2O4. The number of rotatable bonds is 0. The fourth-order valence-corrected chi connectivity index (χ4v) is 7.33. The molecule has 262 valence electrons. The van der Waals surface area contributed by atoms with Gasteiger partial charge in [0.15, 0.2) is 22.9 Å². The number of nitrogens with zero attached hydrogens (tertiary/aromatic N) is 2. The topological polar surface area (TPSA) is 43.2 Å². The van der Waals surface area contributed by atoms with Crippen LogP contribution in [0.15, 0.2) is 48.5 Å². The highest BCUT2D eigenvalue weighted by Gasteiger charge is 2.45. The summed E-state index contributed by atoms with van der Waals surface area (Å²) in [6, 6.07) is 17.2. The van der Waals surface area contributed by atoms with Crippen molar-refractivity contribution >= 4 is 28.5 Å². The molecule has 6 bridgehead atoms. The molecule has 3 aliphatic heterocycles.